The van der Waals surface area contributed by atoms with Gasteiger partial charge in [-0.3, -0.25) is 13.9 Å². The van der Waals surface area contributed by atoms with Crippen molar-refractivity contribution in [3.05, 3.63) is 89.2 Å². The van der Waals surface area contributed by atoms with Crippen LogP contribution in [0.5, 0.6) is 5.75 Å². The minimum absolute atomic E-state index is 0.137. The summed E-state index contributed by atoms with van der Waals surface area (Å²) in [6, 6.07) is 15.7. The summed E-state index contributed by atoms with van der Waals surface area (Å²) in [4.78, 5) is 23.9. The summed E-state index contributed by atoms with van der Waals surface area (Å²) in [6.07, 6.45) is 1.04. The first-order chi connectivity index (χ1) is 15.6. The van der Waals surface area contributed by atoms with Crippen molar-refractivity contribution in [2.24, 2.45) is 5.73 Å². The maximum Gasteiger partial charge on any atom is 0.255 e. The van der Waals surface area contributed by atoms with Gasteiger partial charge in [-0.1, -0.05) is 0 Å². The number of hydrogen-bond donors (Lipinski definition) is 2. The van der Waals surface area contributed by atoms with Crippen LogP contribution in [-0.4, -0.2) is 33.6 Å². The van der Waals surface area contributed by atoms with Gasteiger partial charge < -0.3 is 15.8 Å². The lowest BCUT2D eigenvalue weighted by Gasteiger charge is -2.24. The van der Waals surface area contributed by atoms with Crippen LogP contribution in [0.25, 0.3) is 0 Å². The van der Waals surface area contributed by atoms with Crippen LogP contribution in [0.4, 0.5) is 15.8 Å². The van der Waals surface area contributed by atoms with Gasteiger partial charge in [-0.25, -0.2) is 12.8 Å². The second-order valence-electron chi connectivity index (χ2n) is 7.17. The average Bonchev–Trinajstić information content (AvgIpc) is 2.77. The normalized spacial score (nSPS) is 11.0. The van der Waals surface area contributed by atoms with Gasteiger partial charge in [0.05, 0.1) is 25.6 Å². The summed E-state index contributed by atoms with van der Waals surface area (Å²) in [5.74, 6) is -1.14. The number of amides is 2. The van der Waals surface area contributed by atoms with Crippen LogP contribution in [0.15, 0.2) is 66.7 Å². The van der Waals surface area contributed by atoms with Gasteiger partial charge in [-0.15, -0.1) is 0 Å². The van der Waals surface area contributed by atoms with E-state index in [0.29, 0.717) is 22.6 Å². The van der Waals surface area contributed by atoms with Crippen LogP contribution in [0.2, 0.25) is 0 Å². The molecule has 172 valence electrons. The standard InChI is InChI=1S/C23H22FN3O5S/c1-32-21-12-5-16(23(29)26-19-8-3-15(4-9-19)22(25)28)13-17(21)14-27(33(2,30)31)20-10-6-18(24)7-11-20/h3-13H,14H2,1-2H3,(H2,25,28)(H,26,29). The molecule has 0 fully saturated rings. The fraction of sp³-hybridized carbons (Fsp3) is 0.130. The molecule has 3 rings (SSSR count). The molecule has 0 atom stereocenters. The first kappa shape index (κ1) is 23.7. The number of hydrogen-bond acceptors (Lipinski definition) is 5. The number of anilines is 2. The molecular weight excluding hydrogens is 449 g/mol. The molecule has 0 saturated carbocycles. The van der Waals surface area contributed by atoms with Crippen molar-refractivity contribution >= 4 is 33.2 Å². The largest absolute Gasteiger partial charge is 0.496 e. The molecule has 0 bridgehead atoms. The number of halogens is 1. The van der Waals surface area contributed by atoms with E-state index < -0.39 is 27.7 Å². The number of nitrogens with one attached hydrogen (secondary N) is 1. The van der Waals surface area contributed by atoms with Gasteiger partial charge in [0.2, 0.25) is 15.9 Å². The second-order valence-corrected chi connectivity index (χ2v) is 9.08. The third-order valence-corrected chi connectivity index (χ3v) is 5.94. The number of carbonyl (C=O) groups excluding carboxylic acids is 2. The zero-order valence-electron chi connectivity index (χ0n) is 17.9. The molecule has 0 saturated heterocycles. The van der Waals surface area contributed by atoms with E-state index >= 15 is 0 Å². The predicted molar refractivity (Wildman–Crippen MR) is 123 cm³/mol. The van der Waals surface area contributed by atoms with Gasteiger partial charge in [0.25, 0.3) is 5.91 Å². The van der Waals surface area contributed by atoms with Crippen molar-refractivity contribution in [1.29, 1.82) is 0 Å². The molecule has 3 aromatic carbocycles. The summed E-state index contributed by atoms with van der Waals surface area (Å²) in [5.41, 5.74) is 6.94. The van der Waals surface area contributed by atoms with Crippen LogP contribution >= 0.6 is 0 Å². The highest BCUT2D eigenvalue weighted by atomic mass is 32.2. The summed E-state index contributed by atoms with van der Waals surface area (Å²) in [7, 11) is -2.30. The van der Waals surface area contributed by atoms with Crippen molar-refractivity contribution < 1.29 is 27.1 Å². The lowest BCUT2D eigenvalue weighted by Crippen LogP contribution is -2.29. The number of ether oxygens (including phenoxy) is 1. The molecule has 0 aliphatic heterocycles. The van der Waals surface area contributed by atoms with Gasteiger partial charge in [-0.05, 0) is 66.7 Å². The Labute approximate surface area is 190 Å². The first-order valence-corrected chi connectivity index (χ1v) is 11.5. The minimum atomic E-state index is -3.73. The van der Waals surface area contributed by atoms with Gasteiger partial charge in [0, 0.05) is 22.4 Å². The molecule has 0 spiro atoms. The van der Waals surface area contributed by atoms with Crippen LogP contribution in [-0.2, 0) is 16.6 Å². The number of benzene rings is 3. The molecule has 8 nitrogen and oxygen atoms in total. The van der Waals surface area contributed by atoms with Crippen molar-refractivity contribution in [3.63, 3.8) is 0 Å². The SMILES string of the molecule is COc1ccc(C(=O)Nc2ccc(C(N)=O)cc2)cc1CN(c1ccc(F)cc1)S(C)(=O)=O. The molecule has 0 aliphatic carbocycles. The van der Waals surface area contributed by atoms with E-state index in [9.17, 15) is 22.4 Å². The monoisotopic (exact) mass is 471 g/mol. The first-order valence-electron chi connectivity index (χ1n) is 9.70. The van der Waals surface area contributed by atoms with Gasteiger partial charge in [-0.2, -0.15) is 0 Å². The Hall–Kier alpha value is -3.92. The van der Waals surface area contributed by atoms with Gasteiger partial charge in [0.15, 0.2) is 0 Å². The smallest absolute Gasteiger partial charge is 0.255 e. The van der Waals surface area contributed by atoms with Crippen molar-refractivity contribution in [3.8, 4) is 5.75 Å². The molecule has 0 aliphatic rings. The molecule has 0 radical (unpaired) electrons. The Morgan fingerprint density at radius 2 is 1.61 bits per heavy atom. The number of primary amides is 1. The number of nitrogens with zero attached hydrogens (tertiary/aromatic N) is 1. The van der Waals surface area contributed by atoms with Gasteiger partial charge in [0.1, 0.15) is 11.6 Å². The van der Waals surface area contributed by atoms with Crippen LogP contribution in [0.1, 0.15) is 26.3 Å². The van der Waals surface area contributed by atoms with Crippen LogP contribution in [0.3, 0.4) is 0 Å². The third kappa shape index (κ3) is 5.86. The number of carbonyl (C=O) groups is 2. The van der Waals surface area contributed by atoms with Crippen LogP contribution < -0.4 is 20.1 Å². The molecule has 2 amide bonds. The minimum Gasteiger partial charge on any atom is -0.496 e. The summed E-state index contributed by atoms with van der Waals surface area (Å²) < 4.78 is 44.6. The molecule has 0 unspecified atom stereocenters. The molecule has 0 heterocycles. The molecule has 33 heavy (non-hydrogen) atoms. The van der Waals surface area contributed by atoms with Crippen LogP contribution in [0, 0.1) is 5.82 Å². The summed E-state index contributed by atoms with van der Waals surface area (Å²) in [6.45, 7) is -0.137. The average molecular weight is 472 g/mol. The second kappa shape index (κ2) is 9.70. The third-order valence-electron chi connectivity index (χ3n) is 4.80. The molecule has 0 aromatic heterocycles. The Morgan fingerprint density at radius 3 is 2.15 bits per heavy atom. The molecule has 10 heteroatoms. The molecule has 3 aromatic rings. The van der Waals surface area contributed by atoms with E-state index in [2.05, 4.69) is 5.32 Å². The maximum atomic E-state index is 13.3. The number of methoxy groups -OCH3 is 1. The summed E-state index contributed by atoms with van der Waals surface area (Å²) >= 11 is 0. The predicted octanol–water partition coefficient (Wildman–Crippen LogP) is 3.15. The Bertz CT molecular complexity index is 1280. The van der Waals surface area contributed by atoms with E-state index in [1.807, 2.05) is 0 Å². The Kier molecular flexibility index (Phi) is 6.98. The molecular formula is C23H22FN3O5S. The number of rotatable bonds is 8. The Morgan fingerprint density at radius 1 is 1.00 bits per heavy atom. The highest BCUT2D eigenvalue weighted by molar-refractivity contribution is 7.92. The lowest BCUT2D eigenvalue weighted by molar-refractivity contribution is 0.0998. The maximum absolute atomic E-state index is 13.3. The van der Waals surface area contributed by atoms with Crippen molar-refractivity contribution in [1.82, 2.24) is 0 Å². The van der Waals surface area contributed by atoms with E-state index in [0.717, 1.165) is 22.7 Å². The fourth-order valence-corrected chi connectivity index (χ4v) is 4.00. The Balaban J connectivity index is 1.89. The van der Waals surface area contributed by atoms with E-state index in [-0.39, 0.29) is 17.8 Å². The van der Waals surface area contributed by atoms with Crippen molar-refractivity contribution in [2.75, 3.05) is 23.0 Å². The van der Waals surface area contributed by atoms with E-state index in [1.54, 1.807) is 18.2 Å². The highest BCUT2D eigenvalue weighted by Gasteiger charge is 2.21. The van der Waals surface area contributed by atoms with Crippen molar-refractivity contribution in [2.45, 2.75) is 6.54 Å². The zero-order chi connectivity index (χ0) is 24.2. The highest BCUT2D eigenvalue weighted by Crippen LogP contribution is 2.27. The number of nitrogens with two attached hydrogens (primary N) is 1. The summed E-state index contributed by atoms with van der Waals surface area (Å²) in [5, 5.41) is 2.71. The fourth-order valence-electron chi connectivity index (χ4n) is 3.13. The topological polar surface area (TPSA) is 119 Å². The van der Waals surface area contributed by atoms with E-state index in [4.69, 9.17) is 10.5 Å². The lowest BCUT2D eigenvalue weighted by atomic mass is 10.1. The van der Waals surface area contributed by atoms with Gasteiger partial charge >= 0.3 is 0 Å². The number of sulfonamides is 1. The molecule has 3 N–H and O–H groups in total. The zero-order valence-corrected chi connectivity index (χ0v) is 18.7. The quantitative estimate of drug-likeness (QED) is 0.523. The van der Waals surface area contributed by atoms with E-state index in [1.165, 1.54) is 43.5 Å².